The van der Waals surface area contributed by atoms with Gasteiger partial charge in [0, 0.05) is 36.7 Å². The van der Waals surface area contributed by atoms with Crippen molar-refractivity contribution in [1.29, 1.82) is 0 Å². The molecule has 2 heterocycles. The molecule has 1 saturated carbocycles. The Labute approximate surface area is 215 Å². The largest absolute Gasteiger partial charge is 0.391 e. The smallest absolute Gasteiger partial charge is 0.334 e. The molecule has 0 radical (unpaired) electrons. The molecule has 1 saturated heterocycles. The minimum atomic E-state index is -4.36. The fourth-order valence-electron chi connectivity index (χ4n) is 5.11. The minimum Gasteiger partial charge on any atom is -0.334 e. The van der Waals surface area contributed by atoms with E-state index in [-0.39, 0.29) is 30.3 Å². The highest BCUT2D eigenvalue weighted by Gasteiger charge is 2.47. The van der Waals surface area contributed by atoms with Crippen LogP contribution in [0.25, 0.3) is 0 Å². The quantitative estimate of drug-likeness (QED) is 0.488. The van der Waals surface area contributed by atoms with Gasteiger partial charge in [-0.15, -0.1) is 0 Å². The second kappa shape index (κ2) is 11.8. The molecule has 2 fully saturated rings. The average molecular weight is 540 g/mol. The van der Waals surface area contributed by atoms with Crippen molar-refractivity contribution in [2.24, 2.45) is 5.92 Å². The number of halogens is 3. The molecule has 12 heteroatoms. The molecule has 37 heavy (non-hydrogen) atoms. The Balaban J connectivity index is 1.40. The van der Waals surface area contributed by atoms with Gasteiger partial charge in [0.1, 0.15) is 0 Å². The van der Waals surface area contributed by atoms with E-state index in [4.69, 9.17) is 0 Å². The van der Waals surface area contributed by atoms with Crippen molar-refractivity contribution in [3.63, 3.8) is 0 Å². The molecule has 2 amide bonds. The Morgan fingerprint density at radius 1 is 1.05 bits per heavy atom. The lowest BCUT2D eigenvalue weighted by atomic mass is 9.81. The zero-order valence-corrected chi connectivity index (χ0v) is 21.2. The molecule has 4 rings (SSSR count). The molecule has 0 bridgehead atoms. The number of alkyl halides is 3. The van der Waals surface area contributed by atoms with Gasteiger partial charge in [0.15, 0.2) is 0 Å². The van der Waals surface area contributed by atoms with Gasteiger partial charge in [-0.05, 0) is 81.1 Å². The van der Waals surface area contributed by atoms with E-state index < -0.39 is 34.2 Å². The van der Waals surface area contributed by atoms with Crippen molar-refractivity contribution in [2.75, 3.05) is 18.4 Å². The van der Waals surface area contributed by atoms with Gasteiger partial charge in [0.05, 0.1) is 10.8 Å². The molecule has 8 nitrogen and oxygen atoms in total. The number of nitrogens with zero attached hydrogens (tertiary/aromatic N) is 2. The first-order valence-electron chi connectivity index (χ1n) is 12.5. The van der Waals surface area contributed by atoms with Gasteiger partial charge >= 0.3 is 12.2 Å². The third-order valence-corrected chi connectivity index (χ3v) is 8.55. The number of hydrogen-bond acceptors (Lipinski definition) is 5. The molecule has 2 aromatic rings. The maximum absolute atomic E-state index is 13.5. The number of likely N-dealkylation sites (tertiary alicyclic amines) is 1. The average Bonchev–Trinajstić information content (AvgIpc) is 2.88. The molecule has 3 unspecified atom stereocenters. The molecule has 0 spiro atoms. The third kappa shape index (κ3) is 7.42. The molecule has 1 aromatic carbocycles. The van der Waals surface area contributed by atoms with Crippen LogP contribution in [0.2, 0.25) is 0 Å². The van der Waals surface area contributed by atoms with Crippen LogP contribution in [-0.2, 0) is 16.6 Å². The first-order chi connectivity index (χ1) is 17.6. The predicted octanol–water partition coefficient (Wildman–Crippen LogP) is 4.27. The highest BCUT2D eigenvalue weighted by molar-refractivity contribution is 7.89. The molecular formula is C25H32F3N5O3S. The second-order valence-electron chi connectivity index (χ2n) is 9.64. The van der Waals surface area contributed by atoms with Gasteiger partial charge in [-0.25, -0.2) is 17.9 Å². The van der Waals surface area contributed by atoms with Crippen molar-refractivity contribution in [3.8, 4) is 0 Å². The number of carbonyl (C=O) groups excluding carboxylic acids is 1. The van der Waals surface area contributed by atoms with Gasteiger partial charge in [-0.3, -0.25) is 9.88 Å². The Bertz CT molecular complexity index is 1140. The molecule has 202 valence electrons. The molecule has 1 aliphatic heterocycles. The van der Waals surface area contributed by atoms with Gasteiger partial charge < -0.3 is 10.6 Å². The normalized spacial score (nSPS) is 23.4. The Morgan fingerprint density at radius 2 is 1.78 bits per heavy atom. The molecular weight excluding hydrogens is 507 g/mol. The van der Waals surface area contributed by atoms with E-state index in [9.17, 15) is 26.4 Å². The van der Waals surface area contributed by atoms with Crippen molar-refractivity contribution in [2.45, 2.75) is 68.2 Å². The number of rotatable bonds is 7. The monoisotopic (exact) mass is 539 g/mol. The fourth-order valence-corrected chi connectivity index (χ4v) is 6.39. The summed E-state index contributed by atoms with van der Waals surface area (Å²) in [4.78, 5) is 18.2. The van der Waals surface area contributed by atoms with Crippen LogP contribution in [-0.4, -0.2) is 55.7 Å². The van der Waals surface area contributed by atoms with Gasteiger partial charge in [0.2, 0.25) is 10.0 Å². The van der Waals surface area contributed by atoms with Gasteiger partial charge in [0.25, 0.3) is 0 Å². The second-order valence-corrected chi connectivity index (χ2v) is 11.4. The summed E-state index contributed by atoms with van der Waals surface area (Å²) < 4.78 is 69.4. The van der Waals surface area contributed by atoms with Crippen molar-refractivity contribution in [3.05, 3.63) is 54.4 Å². The number of nitrogens with one attached hydrogen (secondary N) is 3. The third-order valence-electron chi connectivity index (χ3n) is 7.04. The summed E-state index contributed by atoms with van der Waals surface area (Å²) in [5, 5.41) is 5.31. The number of benzene rings is 1. The maximum Gasteiger partial charge on any atom is 0.391 e. The number of anilines is 1. The summed E-state index contributed by atoms with van der Waals surface area (Å²) in [7, 11) is -4.07. The number of amides is 2. The Hall–Kier alpha value is -2.70. The summed E-state index contributed by atoms with van der Waals surface area (Å²) in [5.74, 6) is -1.53. The van der Waals surface area contributed by atoms with Crippen LogP contribution in [0, 0.1) is 5.92 Å². The lowest BCUT2D eigenvalue weighted by molar-refractivity contribution is -0.186. The van der Waals surface area contributed by atoms with Crippen LogP contribution >= 0.6 is 0 Å². The summed E-state index contributed by atoms with van der Waals surface area (Å²) in [6.07, 6.45) is 1.93. The first kappa shape index (κ1) is 27.3. The maximum atomic E-state index is 13.5. The summed E-state index contributed by atoms with van der Waals surface area (Å²) >= 11 is 0. The zero-order chi connectivity index (χ0) is 26.5. The fraction of sp³-hybridized carbons (Fsp3) is 0.520. The SMILES string of the molecule is O=C(NCc1cccnc1)Nc1ccc(S(=O)(=O)NC2CC(C(F)(F)F)CCC2N2CCCCC2)cc1. The summed E-state index contributed by atoms with van der Waals surface area (Å²) in [6.45, 7) is 1.81. The minimum absolute atomic E-state index is 0.00606. The van der Waals surface area contributed by atoms with Gasteiger partial charge in [-0.2, -0.15) is 13.2 Å². The summed E-state index contributed by atoms with van der Waals surface area (Å²) in [5.41, 5.74) is 1.20. The number of urea groups is 1. The number of aromatic nitrogens is 1. The van der Waals surface area contributed by atoms with E-state index in [0.717, 1.165) is 37.9 Å². The van der Waals surface area contributed by atoms with Crippen LogP contribution in [0.1, 0.15) is 44.1 Å². The van der Waals surface area contributed by atoms with Gasteiger partial charge in [-0.1, -0.05) is 12.5 Å². The van der Waals surface area contributed by atoms with Crippen molar-refractivity contribution in [1.82, 2.24) is 19.9 Å². The van der Waals surface area contributed by atoms with Crippen LogP contribution in [0.3, 0.4) is 0 Å². The van der Waals surface area contributed by atoms with Crippen LogP contribution in [0.5, 0.6) is 0 Å². The van der Waals surface area contributed by atoms with E-state index in [2.05, 4.69) is 25.2 Å². The van der Waals surface area contributed by atoms with E-state index in [1.807, 2.05) is 6.07 Å². The van der Waals surface area contributed by atoms with Crippen LogP contribution in [0.15, 0.2) is 53.7 Å². The molecule has 3 atom stereocenters. The Morgan fingerprint density at radius 3 is 2.43 bits per heavy atom. The van der Waals surface area contributed by atoms with Crippen molar-refractivity contribution < 1.29 is 26.4 Å². The van der Waals surface area contributed by atoms with E-state index in [1.165, 1.54) is 24.3 Å². The number of carbonyl (C=O) groups is 1. The van der Waals surface area contributed by atoms with Crippen molar-refractivity contribution >= 4 is 21.7 Å². The lowest BCUT2D eigenvalue weighted by Gasteiger charge is -2.44. The first-order valence-corrected chi connectivity index (χ1v) is 14.0. The van der Waals surface area contributed by atoms with Crippen LogP contribution < -0.4 is 15.4 Å². The Kier molecular flexibility index (Phi) is 8.71. The molecule has 1 aromatic heterocycles. The highest BCUT2D eigenvalue weighted by atomic mass is 32.2. The molecule has 1 aliphatic carbocycles. The zero-order valence-electron chi connectivity index (χ0n) is 20.4. The number of pyridine rings is 1. The molecule has 3 N–H and O–H groups in total. The standard InChI is InChI=1S/C25H32F3N5O3S/c26-25(27,28)19-6-11-23(33-13-2-1-3-14-33)22(15-19)32-37(35,36)21-9-7-20(8-10-21)31-24(34)30-17-18-5-4-12-29-16-18/h4-5,7-10,12,16,19,22-23,32H,1-3,6,11,13-15,17H2,(H2,30,31,34). The van der Waals surface area contributed by atoms with E-state index in [0.29, 0.717) is 12.1 Å². The highest BCUT2D eigenvalue weighted by Crippen LogP contribution is 2.40. The topological polar surface area (TPSA) is 103 Å². The molecule has 2 aliphatic rings. The van der Waals surface area contributed by atoms with E-state index in [1.54, 1.807) is 18.5 Å². The van der Waals surface area contributed by atoms with Crippen LogP contribution in [0.4, 0.5) is 23.7 Å². The van der Waals surface area contributed by atoms with E-state index >= 15 is 0 Å². The predicted molar refractivity (Wildman–Crippen MR) is 133 cm³/mol. The number of sulfonamides is 1. The lowest BCUT2D eigenvalue weighted by Crippen LogP contribution is -2.56. The number of hydrogen-bond donors (Lipinski definition) is 3. The summed E-state index contributed by atoms with van der Waals surface area (Å²) in [6, 6.07) is 7.56. The number of piperidine rings is 1.